The van der Waals surface area contributed by atoms with Crippen LogP contribution in [-0.4, -0.2) is 12.1 Å². The highest BCUT2D eigenvalue weighted by Gasteiger charge is 2.12. The van der Waals surface area contributed by atoms with Crippen molar-refractivity contribution in [1.82, 2.24) is 4.98 Å². The molecular formula is C16H10ClNO2. The molecule has 0 bridgehead atoms. The van der Waals surface area contributed by atoms with Crippen molar-refractivity contribution >= 4 is 44.2 Å². The molecule has 3 nitrogen and oxygen atoms in total. The first-order valence-corrected chi connectivity index (χ1v) is 6.59. The molecule has 4 heteroatoms. The molecule has 0 unspecified atom stereocenters. The van der Waals surface area contributed by atoms with Gasteiger partial charge in [-0.05, 0) is 35.7 Å². The van der Waals surface area contributed by atoms with Crippen LogP contribution in [0.25, 0.3) is 32.6 Å². The first kappa shape index (κ1) is 11.6. The average molecular weight is 284 g/mol. The van der Waals surface area contributed by atoms with Gasteiger partial charge in [0.15, 0.2) is 0 Å². The monoisotopic (exact) mass is 283 g/mol. The van der Waals surface area contributed by atoms with E-state index >= 15 is 0 Å². The number of pyridine rings is 1. The molecule has 2 heterocycles. The Balaban J connectivity index is 2.21. The van der Waals surface area contributed by atoms with Crippen molar-refractivity contribution < 1.29 is 9.15 Å². The number of aromatic nitrogens is 1. The lowest BCUT2D eigenvalue weighted by atomic mass is 10.0. The van der Waals surface area contributed by atoms with Crippen LogP contribution in [0.5, 0.6) is 5.75 Å². The van der Waals surface area contributed by atoms with Crippen LogP contribution in [0.4, 0.5) is 0 Å². The number of furan rings is 1. The maximum Gasteiger partial charge on any atom is 0.146 e. The third-order valence-electron chi connectivity index (χ3n) is 3.54. The van der Waals surface area contributed by atoms with E-state index in [-0.39, 0.29) is 0 Å². The van der Waals surface area contributed by atoms with E-state index < -0.39 is 0 Å². The van der Waals surface area contributed by atoms with Gasteiger partial charge in [0.1, 0.15) is 16.5 Å². The molecule has 4 aromatic rings. The molecule has 2 aromatic heterocycles. The van der Waals surface area contributed by atoms with E-state index in [1.807, 2.05) is 36.4 Å². The molecule has 0 radical (unpaired) electrons. The maximum atomic E-state index is 6.24. The second kappa shape index (κ2) is 4.12. The highest BCUT2D eigenvalue weighted by molar-refractivity contribution is 6.36. The zero-order chi connectivity index (χ0) is 13.7. The van der Waals surface area contributed by atoms with E-state index in [9.17, 15) is 0 Å². The molecule has 0 spiro atoms. The maximum absolute atomic E-state index is 6.24. The highest BCUT2D eigenvalue weighted by atomic mass is 35.5. The number of methoxy groups -OCH3 is 1. The number of hydrogen-bond acceptors (Lipinski definition) is 3. The standard InChI is InChI=1S/C16H10ClNO2/c1-19-10-3-5-11-9(8-10)2-4-12-14(11)18-16(17)13-6-7-20-15(12)13/h2-8H,1H3. The molecule has 0 N–H and O–H groups in total. The third-order valence-corrected chi connectivity index (χ3v) is 3.83. The molecule has 0 aliphatic heterocycles. The average Bonchev–Trinajstić information content (AvgIpc) is 2.97. The quantitative estimate of drug-likeness (QED) is 0.372. The normalized spacial score (nSPS) is 11.5. The summed E-state index contributed by atoms with van der Waals surface area (Å²) in [5.41, 5.74) is 1.62. The van der Waals surface area contributed by atoms with Crippen molar-refractivity contribution in [2.24, 2.45) is 0 Å². The van der Waals surface area contributed by atoms with E-state index in [1.54, 1.807) is 13.4 Å². The fourth-order valence-electron chi connectivity index (χ4n) is 2.56. The summed E-state index contributed by atoms with van der Waals surface area (Å²) in [5, 5.41) is 4.36. The highest BCUT2D eigenvalue weighted by Crippen LogP contribution is 2.34. The third kappa shape index (κ3) is 1.50. The van der Waals surface area contributed by atoms with Gasteiger partial charge in [-0.3, -0.25) is 0 Å². The summed E-state index contributed by atoms with van der Waals surface area (Å²) < 4.78 is 10.8. The van der Waals surface area contributed by atoms with E-state index in [2.05, 4.69) is 4.98 Å². The Morgan fingerprint density at radius 1 is 1.05 bits per heavy atom. The van der Waals surface area contributed by atoms with Crippen molar-refractivity contribution in [2.75, 3.05) is 7.11 Å². The predicted molar refractivity (Wildman–Crippen MR) is 80.6 cm³/mol. The molecule has 20 heavy (non-hydrogen) atoms. The fourth-order valence-corrected chi connectivity index (χ4v) is 2.79. The lowest BCUT2D eigenvalue weighted by Crippen LogP contribution is -1.86. The van der Waals surface area contributed by atoms with Gasteiger partial charge in [0.05, 0.1) is 24.3 Å². The van der Waals surface area contributed by atoms with Gasteiger partial charge in [-0.25, -0.2) is 4.98 Å². The second-order valence-corrected chi connectivity index (χ2v) is 4.97. The summed E-state index contributed by atoms with van der Waals surface area (Å²) in [7, 11) is 1.66. The van der Waals surface area contributed by atoms with Gasteiger partial charge in [0.2, 0.25) is 0 Å². The molecule has 0 aliphatic carbocycles. The summed E-state index contributed by atoms with van der Waals surface area (Å²) >= 11 is 6.24. The lowest BCUT2D eigenvalue weighted by molar-refractivity contribution is 0.415. The smallest absolute Gasteiger partial charge is 0.146 e. The number of rotatable bonds is 1. The molecular weight excluding hydrogens is 274 g/mol. The molecule has 0 amide bonds. The molecule has 2 aromatic carbocycles. The van der Waals surface area contributed by atoms with Crippen LogP contribution in [0.2, 0.25) is 5.15 Å². The van der Waals surface area contributed by atoms with Crippen molar-refractivity contribution in [3.8, 4) is 5.75 Å². The summed E-state index contributed by atoms with van der Waals surface area (Å²) in [6.45, 7) is 0. The van der Waals surface area contributed by atoms with Crippen LogP contribution in [-0.2, 0) is 0 Å². The Morgan fingerprint density at radius 3 is 2.75 bits per heavy atom. The van der Waals surface area contributed by atoms with Crippen molar-refractivity contribution in [2.45, 2.75) is 0 Å². The fraction of sp³-hybridized carbons (Fsp3) is 0.0625. The summed E-state index contributed by atoms with van der Waals surface area (Å²) in [6.07, 6.45) is 1.63. The minimum absolute atomic E-state index is 0.463. The van der Waals surface area contributed by atoms with Crippen molar-refractivity contribution in [1.29, 1.82) is 0 Å². The van der Waals surface area contributed by atoms with Crippen LogP contribution in [0.1, 0.15) is 0 Å². The number of hydrogen-bond donors (Lipinski definition) is 0. The number of fused-ring (bicyclic) bond motifs is 5. The van der Waals surface area contributed by atoms with Gasteiger partial charge in [-0.1, -0.05) is 17.7 Å². The van der Waals surface area contributed by atoms with Gasteiger partial charge in [0, 0.05) is 10.8 Å². The molecule has 0 atom stereocenters. The van der Waals surface area contributed by atoms with Gasteiger partial charge >= 0.3 is 0 Å². The minimum atomic E-state index is 0.463. The first-order valence-electron chi connectivity index (χ1n) is 6.21. The van der Waals surface area contributed by atoms with Gasteiger partial charge in [-0.2, -0.15) is 0 Å². The van der Waals surface area contributed by atoms with Crippen LogP contribution in [0, 0.1) is 0 Å². The minimum Gasteiger partial charge on any atom is -0.497 e. The summed E-state index contributed by atoms with van der Waals surface area (Å²) in [6, 6.07) is 11.8. The topological polar surface area (TPSA) is 35.3 Å². The second-order valence-electron chi connectivity index (χ2n) is 4.61. The van der Waals surface area contributed by atoms with Crippen LogP contribution in [0.3, 0.4) is 0 Å². The molecule has 98 valence electrons. The van der Waals surface area contributed by atoms with Crippen LogP contribution >= 0.6 is 11.6 Å². The lowest BCUT2D eigenvalue weighted by Gasteiger charge is -2.06. The van der Waals surface area contributed by atoms with Crippen molar-refractivity contribution in [3.63, 3.8) is 0 Å². The van der Waals surface area contributed by atoms with E-state index in [1.165, 1.54) is 0 Å². The zero-order valence-corrected chi connectivity index (χ0v) is 11.4. The number of ether oxygens (including phenoxy) is 1. The first-order chi connectivity index (χ1) is 9.78. The van der Waals surface area contributed by atoms with E-state index in [0.29, 0.717) is 5.15 Å². The molecule has 4 rings (SSSR count). The Kier molecular flexibility index (Phi) is 2.38. The Labute approximate surface area is 119 Å². The SMILES string of the molecule is COc1ccc2c(ccc3c2nc(Cl)c2ccoc23)c1. The van der Waals surface area contributed by atoms with Crippen LogP contribution in [0.15, 0.2) is 47.1 Å². The van der Waals surface area contributed by atoms with Crippen molar-refractivity contribution in [3.05, 3.63) is 47.8 Å². The van der Waals surface area contributed by atoms with Gasteiger partial charge in [-0.15, -0.1) is 0 Å². The molecule has 0 fully saturated rings. The van der Waals surface area contributed by atoms with Gasteiger partial charge < -0.3 is 9.15 Å². The van der Waals surface area contributed by atoms with Gasteiger partial charge in [0.25, 0.3) is 0 Å². The number of nitrogens with zero attached hydrogens (tertiary/aromatic N) is 1. The molecule has 0 saturated carbocycles. The number of halogens is 1. The Morgan fingerprint density at radius 2 is 1.90 bits per heavy atom. The van der Waals surface area contributed by atoms with E-state index in [0.717, 1.165) is 38.4 Å². The summed E-state index contributed by atoms with van der Waals surface area (Å²) in [5.74, 6) is 0.821. The van der Waals surface area contributed by atoms with Crippen LogP contribution < -0.4 is 4.74 Å². The largest absolute Gasteiger partial charge is 0.497 e. The molecule has 0 saturated heterocycles. The van der Waals surface area contributed by atoms with E-state index in [4.69, 9.17) is 20.8 Å². The zero-order valence-electron chi connectivity index (χ0n) is 10.7. The predicted octanol–water partition coefficient (Wildman–Crippen LogP) is 4.80. The molecule has 0 aliphatic rings. The Hall–Kier alpha value is -2.26. The number of benzene rings is 2. The Bertz CT molecular complexity index is 959. The summed E-state index contributed by atoms with van der Waals surface area (Å²) in [4.78, 5) is 4.52.